The Bertz CT molecular complexity index is 946. The van der Waals surface area contributed by atoms with Gasteiger partial charge in [-0.1, -0.05) is 49.7 Å². The first kappa shape index (κ1) is 18.2. The van der Waals surface area contributed by atoms with Crippen LogP contribution in [0.1, 0.15) is 19.8 Å². The summed E-state index contributed by atoms with van der Waals surface area (Å²) in [5.41, 5.74) is 3.52. The summed E-state index contributed by atoms with van der Waals surface area (Å²) >= 11 is 4.88. The van der Waals surface area contributed by atoms with Crippen molar-refractivity contribution in [3.63, 3.8) is 0 Å². The molecule has 3 aromatic rings. The Hall–Kier alpha value is -1.21. The molecule has 2 aliphatic heterocycles. The first-order valence-electron chi connectivity index (χ1n) is 8.71. The van der Waals surface area contributed by atoms with Gasteiger partial charge in [0.2, 0.25) is 0 Å². The van der Waals surface area contributed by atoms with Gasteiger partial charge in [0.05, 0.1) is 11.4 Å². The van der Waals surface area contributed by atoms with Gasteiger partial charge in [-0.2, -0.15) is 0 Å². The van der Waals surface area contributed by atoms with Crippen molar-refractivity contribution in [3.05, 3.63) is 61.3 Å². The number of benzene rings is 3. The average Bonchev–Trinajstić information content (AvgIpc) is 3.08. The van der Waals surface area contributed by atoms with E-state index in [2.05, 4.69) is 95.2 Å². The van der Waals surface area contributed by atoms with E-state index in [1.165, 1.54) is 23.9 Å². The first-order chi connectivity index (χ1) is 12.9. The molecule has 0 atom stereocenters. The van der Waals surface area contributed by atoms with Crippen LogP contribution in [0.5, 0.6) is 11.5 Å². The molecule has 3 nitrogen and oxygen atoms in total. The summed E-state index contributed by atoms with van der Waals surface area (Å²) in [4.78, 5) is 4.63. The standard InChI is InChI=1S/C21H19N2O.Ag.HI/c1-2-3-13-22-14-23-18-12-11-15-7-4-5-8-16(15)21(18)24-19-10-6-9-17(22)20(19)23;;/h4-12,14H,2-3,13H2,1H3;;1H/q-1;+1;/p-1. The van der Waals surface area contributed by atoms with Crippen molar-refractivity contribution in [2.75, 3.05) is 16.3 Å². The Balaban J connectivity index is 0.000000814. The van der Waals surface area contributed by atoms with Gasteiger partial charge >= 0.3 is 36.3 Å². The maximum atomic E-state index is 6.35. The summed E-state index contributed by atoms with van der Waals surface area (Å²) < 4.78 is 6.35. The maximum absolute atomic E-state index is 6.35. The second-order valence-corrected chi connectivity index (χ2v) is 6.39. The van der Waals surface area contributed by atoms with E-state index < -0.39 is 0 Å². The molecule has 0 spiro atoms. The number of ether oxygens (including phenoxy) is 1. The Morgan fingerprint density at radius 2 is 1.85 bits per heavy atom. The third-order valence-corrected chi connectivity index (χ3v) is 4.87. The van der Waals surface area contributed by atoms with Gasteiger partial charge < -0.3 is 14.5 Å². The van der Waals surface area contributed by atoms with Gasteiger partial charge in [-0.25, -0.2) is 0 Å². The topological polar surface area (TPSA) is 15.7 Å². The van der Waals surface area contributed by atoms with Gasteiger partial charge in [0, 0.05) is 11.1 Å². The summed E-state index contributed by atoms with van der Waals surface area (Å²) in [6.07, 6.45) is 2.37. The second-order valence-electron chi connectivity index (χ2n) is 6.39. The molecule has 0 bridgehead atoms. The zero-order valence-corrected chi connectivity index (χ0v) is 18.0. The zero-order valence-electron chi connectivity index (χ0n) is 14.4. The van der Waals surface area contributed by atoms with Gasteiger partial charge in [0.25, 0.3) is 0 Å². The third-order valence-electron chi connectivity index (χ3n) is 4.87. The van der Waals surface area contributed by atoms with Gasteiger partial charge in [0.1, 0.15) is 0 Å². The number of nitrogens with zero attached hydrogens (tertiary/aromatic N) is 2. The normalized spacial score (nSPS) is 13.7. The van der Waals surface area contributed by atoms with Crippen LogP contribution in [-0.4, -0.2) is 6.54 Å². The van der Waals surface area contributed by atoms with Crippen LogP contribution in [0.2, 0.25) is 0 Å². The molecule has 0 radical (unpaired) electrons. The number of anilines is 3. The number of halogens is 1. The summed E-state index contributed by atoms with van der Waals surface area (Å²) in [5, 5.41) is 2.37. The summed E-state index contributed by atoms with van der Waals surface area (Å²) in [6, 6.07) is 19.1. The molecule has 0 amide bonds. The van der Waals surface area contributed by atoms with Crippen LogP contribution < -0.4 is 14.5 Å². The van der Waals surface area contributed by atoms with E-state index in [9.17, 15) is 0 Å². The van der Waals surface area contributed by atoms with Crippen LogP contribution in [0.15, 0.2) is 54.6 Å². The van der Waals surface area contributed by atoms with Crippen molar-refractivity contribution in [2.45, 2.75) is 19.8 Å². The predicted molar refractivity (Wildman–Crippen MR) is 113 cm³/mol. The van der Waals surface area contributed by atoms with Crippen LogP contribution in [-0.2, 0) is 17.3 Å². The molecule has 0 saturated heterocycles. The SMILES string of the molecule is CCCCN1[CH-]N2c3ccc4ccccc4c3Oc3cccc1c32.[Ag][I]. The molecule has 5 rings (SSSR count). The molecule has 0 aromatic heterocycles. The van der Waals surface area contributed by atoms with Crippen LogP contribution in [0, 0.1) is 6.67 Å². The Kier molecular flexibility index (Phi) is 5.45. The van der Waals surface area contributed by atoms with Crippen LogP contribution in [0.25, 0.3) is 10.8 Å². The minimum absolute atomic E-state index is 0.937. The van der Waals surface area contributed by atoms with Crippen molar-refractivity contribution in [2.24, 2.45) is 0 Å². The molecular weight excluding hydrogens is 531 g/mol. The Morgan fingerprint density at radius 1 is 1.00 bits per heavy atom. The molecule has 0 unspecified atom stereocenters. The van der Waals surface area contributed by atoms with E-state index in [0.717, 1.165) is 34.8 Å². The van der Waals surface area contributed by atoms with E-state index in [1.54, 1.807) is 0 Å². The fraction of sp³-hybridized carbons (Fsp3) is 0.190. The first-order valence-corrected chi connectivity index (χ1v) is 13.1. The molecule has 0 aliphatic carbocycles. The van der Waals surface area contributed by atoms with Crippen LogP contribution in [0.3, 0.4) is 0 Å². The van der Waals surface area contributed by atoms with E-state index >= 15 is 0 Å². The third kappa shape index (κ3) is 2.93. The number of hydrogen-bond acceptors (Lipinski definition) is 3. The fourth-order valence-electron chi connectivity index (χ4n) is 3.65. The number of unbranched alkanes of at least 4 members (excludes halogenated alkanes) is 1. The second kappa shape index (κ2) is 7.80. The van der Waals surface area contributed by atoms with Crippen LogP contribution in [0.4, 0.5) is 17.1 Å². The van der Waals surface area contributed by atoms with E-state index in [4.69, 9.17) is 4.74 Å². The molecule has 26 heavy (non-hydrogen) atoms. The van der Waals surface area contributed by atoms with E-state index in [0.29, 0.717) is 0 Å². The molecule has 0 N–H and O–H groups in total. The predicted octanol–water partition coefficient (Wildman–Crippen LogP) is 6.71. The number of rotatable bonds is 3. The van der Waals surface area contributed by atoms with Crippen LogP contribution >= 0.6 is 19.0 Å². The summed E-state index contributed by atoms with van der Waals surface area (Å²) in [7, 11) is 0. The number of hydrogen-bond donors (Lipinski definition) is 0. The molecule has 138 valence electrons. The van der Waals surface area contributed by atoms with Crippen molar-refractivity contribution in [1.82, 2.24) is 0 Å². The average molecular weight is 550 g/mol. The van der Waals surface area contributed by atoms with E-state index in [1.807, 2.05) is 19.0 Å². The van der Waals surface area contributed by atoms with Crippen molar-refractivity contribution in [1.29, 1.82) is 0 Å². The Labute approximate surface area is 176 Å². The van der Waals surface area contributed by atoms with Crippen molar-refractivity contribution >= 4 is 46.9 Å². The molecule has 0 fully saturated rings. The summed E-state index contributed by atoms with van der Waals surface area (Å²) in [5.74, 6) is 1.89. The monoisotopic (exact) mass is 549 g/mol. The number of para-hydroxylation sites is 1. The molecule has 3 aromatic carbocycles. The quantitative estimate of drug-likeness (QED) is 0.205. The Morgan fingerprint density at radius 3 is 2.69 bits per heavy atom. The summed E-state index contributed by atoms with van der Waals surface area (Å²) in [6.45, 7) is 5.49. The van der Waals surface area contributed by atoms with Gasteiger partial charge in [-0.05, 0) is 36.6 Å². The molecule has 2 heterocycles. The molecule has 5 heteroatoms. The molecule has 2 aliphatic rings. The zero-order chi connectivity index (χ0) is 18.1. The fourth-order valence-corrected chi connectivity index (χ4v) is 3.65. The molecule has 0 saturated carbocycles. The number of fused-ring (bicyclic) bond motifs is 4. The van der Waals surface area contributed by atoms with Crippen molar-refractivity contribution < 1.29 is 22.0 Å². The van der Waals surface area contributed by atoms with Gasteiger partial charge in [-0.15, -0.1) is 6.67 Å². The van der Waals surface area contributed by atoms with E-state index in [-0.39, 0.29) is 0 Å². The van der Waals surface area contributed by atoms with Gasteiger partial charge in [-0.3, -0.25) is 0 Å². The van der Waals surface area contributed by atoms with Crippen molar-refractivity contribution in [3.8, 4) is 11.5 Å². The minimum atomic E-state index is 0.937. The van der Waals surface area contributed by atoms with Gasteiger partial charge in [0.15, 0.2) is 11.5 Å². The molecular formula is C21H19AgIN2O-.